The van der Waals surface area contributed by atoms with Crippen LogP contribution in [-0.4, -0.2) is 10.9 Å². The maximum absolute atomic E-state index is 13.2. The normalized spacial score (nSPS) is 54.4. The molecule has 34 heavy (non-hydrogen) atoms. The summed E-state index contributed by atoms with van der Waals surface area (Å²) >= 11 is 0. The molecule has 4 unspecified atom stereocenters. The van der Waals surface area contributed by atoms with Gasteiger partial charge < -0.3 is 5.11 Å². The summed E-state index contributed by atoms with van der Waals surface area (Å²) in [5.41, 5.74) is 1.90. The molecular formula is C32H50O2. The van der Waals surface area contributed by atoms with Crippen LogP contribution in [0.1, 0.15) is 112 Å². The molecule has 2 heteroatoms. The van der Waals surface area contributed by atoms with E-state index < -0.39 is 0 Å². The molecule has 5 rings (SSSR count). The zero-order valence-electron chi connectivity index (χ0n) is 22.9. The average molecular weight is 467 g/mol. The van der Waals surface area contributed by atoms with Crippen LogP contribution in [0.25, 0.3) is 0 Å². The number of carbonyl (C=O) groups is 1. The summed E-state index contributed by atoms with van der Waals surface area (Å²) in [7, 11) is 0. The number of fused-ring (bicyclic) bond motifs is 7. The number of rotatable bonds is 3. The van der Waals surface area contributed by atoms with Crippen LogP contribution >= 0.6 is 0 Å². The Morgan fingerprint density at radius 2 is 1.62 bits per heavy atom. The largest absolute Gasteiger partial charge is 0.512 e. The van der Waals surface area contributed by atoms with Gasteiger partial charge in [-0.05, 0) is 117 Å². The van der Waals surface area contributed by atoms with E-state index in [1.54, 1.807) is 0 Å². The quantitative estimate of drug-likeness (QED) is 0.334. The van der Waals surface area contributed by atoms with E-state index in [0.717, 1.165) is 38.5 Å². The lowest BCUT2D eigenvalue weighted by atomic mass is 9.32. The first kappa shape index (κ1) is 24.6. The molecule has 0 spiro atoms. The van der Waals surface area contributed by atoms with Gasteiger partial charge >= 0.3 is 0 Å². The van der Waals surface area contributed by atoms with Gasteiger partial charge in [0.25, 0.3) is 0 Å². The van der Waals surface area contributed by atoms with Gasteiger partial charge in [-0.1, -0.05) is 53.3 Å². The Balaban J connectivity index is 1.57. The summed E-state index contributed by atoms with van der Waals surface area (Å²) in [6.07, 6.45) is 12.4. The van der Waals surface area contributed by atoms with Crippen molar-refractivity contribution in [1.82, 2.24) is 0 Å². The number of ketones is 1. The Morgan fingerprint density at radius 3 is 2.24 bits per heavy atom. The molecule has 10 atom stereocenters. The lowest BCUT2D eigenvalue weighted by molar-refractivity contribution is -0.234. The first-order chi connectivity index (χ1) is 15.8. The second kappa shape index (κ2) is 7.48. The van der Waals surface area contributed by atoms with Gasteiger partial charge in [-0.15, -0.1) is 0 Å². The first-order valence-electron chi connectivity index (χ1n) is 14.4. The molecular weight excluding hydrogens is 416 g/mol. The maximum Gasteiger partial charge on any atom is 0.139 e. The summed E-state index contributed by atoms with van der Waals surface area (Å²) in [5, 5.41) is 11.0. The van der Waals surface area contributed by atoms with Crippen molar-refractivity contribution in [1.29, 1.82) is 0 Å². The molecule has 5 aliphatic rings. The zero-order chi connectivity index (χ0) is 24.9. The zero-order valence-corrected chi connectivity index (χ0v) is 22.9. The van der Waals surface area contributed by atoms with E-state index in [2.05, 4.69) is 54.7 Å². The highest BCUT2D eigenvalue weighted by Gasteiger charge is 2.71. The number of hydrogen-bond donors (Lipinski definition) is 1. The molecule has 1 N–H and O–H groups in total. The van der Waals surface area contributed by atoms with Gasteiger partial charge in [-0.25, -0.2) is 0 Å². The molecule has 5 fully saturated rings. The van der Waals surface area contributed by atoms with E-state index in [1.165, 1.54) is 37.7 Å². The minimum absolute atomic E-state index is 0.101. The monoisotopic (exact) mass is 466 g/mol. The van der Waals surface area contributed by atoms with Crippen molar-refractivity contribution in [3.8, 4) is 0 Å². The van der Waals surface area contributed by atoms with Crippen LogP contribution in [0.4, 0.5) is 0 Å². The summed E-state index contributed by atoms with van der Waals surface area (Å²) in [6, 6.07) is 0. The van der Waals surface area contributed by atoms with Gasteiger partial charge in [0.2, 0.25) is 0 Å². The fraction of sp³-hybridized carbons (Fsp3) is 0.844. The van der Waals surface area contributed by atoms with Crippen LogP contribution in [0.2, 0.25) is 0 Å². The van der Waals surface area contributed by atoms with Crippen molar-refractivity contribution in [2.24, 2.45) is 56.7 Å². The number of Topliss-reactive ketones (excluding diaryl/α,β-unsaturated/α-hetero) is 1. The first-order valence-corrected chi connectivity index (χ1v) is 14.4. The van der Waals surface area contributed by atoms with Gasteiger partial charge in [-0.3, -0.25) is 4.79 Å². The Hall–Kier alpha value is -1.05. The molecule has 0 aromatic rings. The van der Waals surface area contributed by atoms with Crippen molar-refractivity contribution < 1.29 is 9.90 Å². The molecule has 0 aromatic carbocycles. The van der Waals surface area contributed by atoms with Crippen molar-refractivity contribution in [2.45, 2.75) is 112 Å². The van der Waals surface area contributed by atoms with Crippen LogP contribution in [0.15, 0.2) is 24.5 Å². The average Bonchev–Trinajstić information content (AvgIpc) is 3.18. The van der Waals surface area contributed by atoms with E-state index >= 15 is 0 Å². The molecule has 0 aromatic heterocycles. The summed E-state index contributed by atoms with van der Waals surface area (Å²) in [4.78, 5) is 13.2. The topological polar surface area (TPSA) is 37.3 Å². The predicted octanol–water partition coefficient (Wildman–Crippen LogP) is 8.67. The lowest BCUT2D eigenvalue weighted by Crippen LogP contribution is -2.66. The third-order valence-corrected chi connectivity index (χ3v) is 13.9. The SMILES string of the molecule is C=C(C)C1CC[C@]2(C(=C)O)CC[C@]3(C)C(CCC4[C@@]5(C)CCC(=O)[C@@](C)(CC)[C@@H]5CC[C@]43C)C12. The molecule has 0 saturated heterocycles. The highest BCUT2D eigenvalue weighted by atomic mass is 16.3. The summed E-state index contributed by atoms with van der Waals surface area (Å²) in [6.45, 7) is 23.2. The van der Waals surface area contributed by atoms with Crippen LogP contribution in [-0.2, 0) is 4.79 Å². The fourth-order valence-electron chi connectivity index (χ4n) is 11.7. The van der Waals surface area contributed by atoms with Crippen LogP contribution in [0, 0.1) is 56.7 Å². The highest BCUT2D eigenvalue weighted by Crippen LogP contribution is 2.78. The van der Waals surface area contributed by atoms with Gasteiger partial charge in [0, 0.05) is 17.3 Å². The summed E-state index contributed by atoms with van der Waals surface area (Å²) in [5.74, 6) is 3.82. The molecule has 0 aliphatic heterocycles. The molecule has 0 amide bonds. The number of aliphatic hydroxyl groups excluding tert-OH is 1. The maximum atomic E-state index is 13.2. The van der Waals surface area contributed by atoms with E-state index in [1.807, 2.05) is 0 Å². The molecule has 0 radical (unpaired) electrons. The minimum atomic E-state index is -0.140. The van der Waals surface area contributed by atoms with Crippen LogP contribution in [0.5, 0.6) is 0 Å². The molecule has 5 saturated carbocycles. The smallest absolute Gasteiger partial charge is 0.139 e. The van der Waals surface area contributed by atoms with Crippen LogP contribution < -0.4 is 0 Å². The number of allylic oxidation sites excluding steroid dienone is 2. The van der Waals surface area contributed by atoms with Crippen molar-refractivity contribution in [3.05, 3.63) is 24.5 Å². The highest BCUT2D eigenvalue weighted by molar-refractivity contribution is 5.86. The van der Waals surface area contributed by atoms with E-state index in [-0.39, 0.29) is 21.7 Å². The number of aliphatic hydroxyl groups is 1. The van der Waals surface area contributed by atoms with E-state index in [9.17, 15) is 9.90 Å². The van der Waals surface area contributed by atoms with Crippen molar-refractivity contribution >= 4 is 5.78 Å². The Kier molecular flexibility index (Phi) is 5.42. The van der Waals surface area contributed by atoms with Crippen LogP contribution in [0.3, 0.4) is 0 Å². The Labute approximate surface area is 209 Å². The van der Waals surface area contributed by atoms with Gasteiger partial charge in [0.05, 0.1) is 5.76 Å². The molecule has 190 valence electrons. The fourth-order valence-corrected chi connectivity index (χ4v) is 11.7. The Bertz CT molecular complexity index is 918. The van der Waals surface area contributed by atoms with E-state index in [4.69, 9.17) is 0 Å². The van der Waals surface area contributed by atoms with Gasteiger partial charge in [0.15, 0.2) is 0 Å². The van der Waals surface area contributed by atoms with Gasteiger partial charge in [-0.2, -0.15) is 0 Å². The van der Waals surface area contributed by atoms with Gasteiger partial charge in [0.1, 0.15) is 5.78 Å². The third kappa shape index (κ3) is 2.72. The molecule has 0 heterocycles. The second-order valence-corrected chi connectivity index (χ2v) is 14.5. The minimum Gasteiger partial charge on any atom is -0.512 e. The molecule has 2 nitrogen and oxygen atoms in total. The van der Waals surface area contributed by atoms with E-state index in [0.29, 0.717) is 46.5 Å². The third-order valence-electron chi connectivity index (χ3n) is 13.9. The number of carbonyl (C=O) groups excluding carboxylic acids is 1. The molecule has 5 aliphatic carbocycles. The second-order valence-electron chi connectivity index (χ2n) is 14.5. The van der Waals surface area contributed by atoms with Crippen molar-refractivity contribution in [2.75, 3.05) is 0 Å². The lowest BCUT2D eigenvalue weighted by Gasteiger charge is -2.72. The standard InChI is InChI=1S/C32H50O2/c1-9-28(5)24-13-16-31(8)25(29(24,6)15-14-26(28)34)11-10-23-27-22(20(2)3)12-17-32(27,21(4)33)19-18-30(23,31)7/h22-25,27,33H,2,4,9-19H2,1,3,5-8H3/t22?,23?,24-,25?,27?,28-,29-,30+,31+,32+/m0/s1. The Morgan fingerprint density at radius 1 is 0.912 bits per heavy atom. The predicted molar refractivity (Wildman–Crippen MR) is 140 cm³/mol. The molecule has 0 bridgehead atoms. The summed E-state index contributed by atoms with van der Waals surface area (Å²) < 4.78 is 0. The number of hydrogen-bond acceptors (Lipinski definition) is 2. The van der Waals surface area contributed by atoms with Crippen molar-refractivity contribution in [3.63, 3.8) is 0 Å².